The Kier molecular flexibility index (Phi) is 4.44. The topological polar surface area (TPSA) is 64.4 Å². The molecule has 0 aliphatic carbocycles. The van der Waals surface area contributed by atoms with Crippen LogP contribution in [0.2, 0.25) is 0 Å². The highest BCUT2D eigenvalue weighted by Gasteiger charge is 2.30. The maximum absolute atomic E-state index is 14.4. The first-order chi connectivity index (χ1) is 25.5. The van der Waals surface area contributed by atoms with Crippen LogP contribution in [-0.4, -0.2) is 13.2 Å². The third-order valence-corrected chi connectivity index (χ3v) is 11.9. The first-order valence-electron chi connectivity index (χ1n) is 17.5. The summed E-state index contributed by atoms with van der Waals surface area (Å²) >= 11 is 0. The second kappa shape index (κ2) is 8.63. The van der Waals surface area contributed by atoms with E-state index in [-0.39, 0.29) is 16.3 Å². The second-order valence-corrected chi connectivity index (χ2v) is 14.3. The molecule has 0 aliphatic rings. The molecular formula is C46H23N3O3. The zero-order valence-electron chi connectivity index (χ0n) is 27.6. The summed E-state index contributed by atoms with van der Waals surface area (Å²) in [5.41, 5.74) is 8.99. The highest BCUT2D eigenvalue weighted by molar-refractivity contribution is 6.42. The highest BCUT2D eigenvalue weighted by Crippen LogP contribution is 2.50. The summed E-state index contributed by atoms with van der Waals surface area (Å²) in [7, 11) is 0. The lowest BCUT2D eigenvalue weighted by atomic mass is 10.0. The number of hydrogen-bond donors (Lipinski definition) is 0. The minimum Gasteiger partial charge on any atom is -0.307 e. The van der Waals surface area contributed by atoms with Crippen LogP contribution in [0.3, 0.4) is 0 Å². The molecule has 13 aromatic rings. The Bertz CT molecular complexity index is 3920. The number of para-hydroxylation sites is 5. The summed E-state index contributed by atoms with van der Waals surface area (Å²) in [5.74, 6) is 0. The minimum atomic E-state index is 0.00140. The van der Waals surface area contributed by atoms with Crippen molar-refractivity contribution < 1.29 is 0 Å². The zero-order valence-corrected chi connectivity index (χ0v) is 27.6. The van der Waals surface area contributed by atoms with Gasteiger partial charge in [0.05, 0.1) is 49.7 Å². The summed E-state index contributed by atoms with van der Waals surface area (Å²) in [6.07, 6.45) is 0. The van der Waals surface area contributed by atoms with Gasteiger partial charge < -0.3 is 13.2 Å². The van der Waals surface area contributed by atoms with Crippen molar-refractivity contribution in [1.29, 1.82) is 0 Å². The van der Waals surface area contributed by atoms with E-state index in [2.05, 4.69) is 37.5 Å². The fourth-order valence-electron chi connectivity index (χ4n) is 9.99. The number of rotatable bonds is 0. The Labute approximate surface area is 291 Å². The maximum Gasteiger partial charge on any atom is 0.197 e. The molecule has 6 aromatic heterocycles. The SMILES string of the molecule is Cc1cccc2c1c(=O)c1cccc3c4c5c(c6cccc7c(=O)c8ccccc8n5c76)c5c(c6cccc7c(=O)c8ccccc8n5c76)c4n2c13. The summed E-state index contributed by atoms with van der Waals surface area (Å²) in [6, 6.07) is 40.0. The molecule has 0 unspecified atom stereocenters. The molecule has 0 saturated carbocycles. The number of nitrogens with zero attached hydrogens (tertiary/aromatic N) is 3. The van der Waals surface area contributed by atoms with Gasteiger partial charge in [-0.05, 0) is 61.0 Å². The van der Waals surface area contributed by atoms with Gasteiger partial charge in [-0.1, -0.05) is 72.8 Å². The number of hydrogen-bond acceptors (Lipinski definition) is 3. The largest absolute Gasteiger partial charge is 0.307 e. The number of pyridine rings is 3. The van der Waals surface area contributed by atoms with Crippen LogP contribution < -0.4 is 16.3 Å². The van der Waals surface area contributed by atoms with Crippen molar-refractivity contribution in [1.82, 2.24) is 13.2 Å². The third-order valence-electron chi connectivity index (χ3n) is 11.9. The van der Waals surface area contributed by atoms with Crippen LogP contribution >= 0.6 is 0 Å². The number of benzene rings is 7. The van der Waals surface area contributed by atoms with Crippen molar-refractivity contribution in [3.63, 3.8) is 0 Å². The average molecular weight is 666 g/mol. The Morgan fingerprint density at radius 1 is 0.308 bits per heavy atom. The predicted molar refractivity (Wildman–Crippen MR) is 214 cm³/mol. The van der Waals surface area contributed by atoms with Crippen LogP contribution in [0.5, 0.6) is 0 Å². The van der Waals surface area contributed by atoms with Gasteiger partial charge in [0.1, 0.15) is 0 Å². The standard InChI is InChI=1S/C46H23N3O3/c1-22-10-6-21-33-34(22)46(52)30-18-9-15-27-37-42-35(25-13-7-16-28-38(25)47(42)31-19-4-2-11-23(31)44(28)50)41-36(43(37)49(33)40(27)30)26-14-8-17-29-39(26)48(41)32-20-5-3-12-24(32)45(29)51/h2-21H,1H3. The molecule has 52 heavy (non-hydrogen) atoms. The van der Waals surface area contributed by atoms with E-state index in [0.29, 0.717) is 32.3 Å². The van der Waals surface area contributed by atoms with Crippen molar-refractivity contribution in [2.24, 2.45) is 0 Å². The Hall–Kier alpha value is -7.05. The quantitative estimate of drug-likeness (QED) is 0.152. The molecule has 6 nitrogen and oxygen atoms in total. The first kappa shape index (κ1) is 26.8. The van der Waals surface area contributed by atoms with Gasteiger partial charge in [0, 0.05) is 64.6 Å². The van der Waals surface area contributed by atoms with Crippen LogP contribution in [0, 0.1) is 6.92 Å². The average Bonchev–Trinajstić information content (AvgIpc) is 3.82. The van der Waals surface area contributed by atoms with E-state index in [1.54, 1.807) is 0 Å². The van der Waals surface area contributed by atoms with Gasteiger partial charge in [-0.3, -0.25) is 14.4 Å². The minimum absolute atomic E-state index is 0.00140. The summed E-state index contributed by atoms with van der Waals surface area (Å²) in [4.78, 5) is 42.9. The lowest BCUT2D eigenvalue weighted by Gasteiger charge is -2.10. The van der Waals surface area contributed by atoms with Crippen molar-refractivity contribution >= 4 is 114 Å². The predicted octanol–water partition coefficient (Wildman–Crippen LogP) is 9.53. The third kappa shape index (κ3) is 2.71. The molecule has 0 aliphatic heterocycles. The molecule has 240 valence electrons. The van der Waals surface area contributed by atoms with Gasteiger partial charge in [0.15, 0.2) is 16.3 Å². The molecule has 6 heterocycles. The van der Waals surface area contributed by atoms with E-state index in [0.717, 1.165) is 87.5 Å². The Morgan fingerprint density at radius 3 is 1.13 bits per heavy atom. The zero-order chi connectivity index (χ0) is 34.3. The fourth-order valence-corrected chi connectivity index (χ4v) is 9.99. The lowest BCUT2D eigenvalue weighted by Crippen LogP contribution is -2.07. The molecule has 0 radical (unpaired) electrons. The van der Waals surface area contributed by atoms with E-state index < -0.39 is 0 Å². The monoisotopic (exact) mass is 665 g/mol. The first-order valence-corrected chi connectivity index (χ1v) is 17.5. The molecule has 0 bridgehead atoms. The van der Waals surface area contributed by atoms with E-state index in [1.165, 1.54) is 0 Å². The molecule has 7 aromatic carbocycles. The molecule has 13 rings (SSSR count). The molecule has 0 amide bonds. The number of aryl methyl sites for hydroxylation is 1. The van der Waals surface area contributed by atoms with Crippen LogP contribution in [0.1, 0.15) is 5.56 Å². The smallest absolute Gasteiger partial charge is 0.197 e. The van der Waals surface area contributed by atoms with Gasteiger partial charge >= 0.3 is 0 Å². The maximum atomic E-state index is 14.4. The Balaban J connectivity index is 1.56. The van der Waals surface area contributed by atoms with Crippen LogP contribution in [-0.2, 0) is 0 Å². The second-order valence-electron chi connectivity index (χ2n) is 14.3. The molecule has 0 spiro atoms. The summed E-state index contributed by atoms with van der Waals surface area (Å²) < 4.78 is 6.88. The molecule has 0 saturated heterocycles. The molecule has 6 heteroatoms. The van der Waals surface area contributed by atoms with E-state index >= 15 is 0 Å². The van der Waals surface area contributed by atoms with Crippen molar-refractivity contribution in [3.05, 3.63) is 158 Å². The normalized spacial score (nSPS) is 12.9. The van der Waals surface area contributed by atoms with E-state index in [4.69, 9.17) is 0 Å². The van der Waals surface area contributed by atoms with Gasteiger partial charge in [-0.15, -0.1) is 0 Å². The van der Waals surface area contributed by atoms with Crippen molar-refractivity contribution in [3.8, 4) is 0 Å². The Morgan fingerprint density at radius 2 is 0.654 bits per heavy atom. The van der Waals surface area contributed by atoms with E-state index in [9.17, 15) is 14.4 Å². The van der Waals surface area contributed by atoms with Gasteiger partial charge in [-0.2, -0.15) is 0 Å². The van der Waals surface area contributed by atoms with Crippen molar-refractivity contribution in [2.75, 3.05) is 0 Å². The van der Waals surface area contributed by atoms with Crippen molar-refractivity contribution in [2.45, 2.75) is 6.92 Å². The number of aromatic nitrogens is 3. The van der Waals surface area contributed by atoms with Gasteiger partial charge in [0.25, 0.3) is 0 Å². The lowest BCUT2D eigenvalue weighted by molar-refractivity contribution is 1.32. The number of fused-ring (bicyclic) bond motifs is 18. The van der Waals surface area contributed by atoms with E-state index in [1.807, 2.05) is 104 Å². The van der Waals surface area contributed by atoms with Gasteiger partial charge in [-0.25, -0.2) is 0 Å². The molecule has 0 atom stereocenters. The van der Waals surface area contributed by atoms with Crippen LogP contribution in [0.4, 0.5) is 0 Å². The van der Waals surface area contributed by atoms with Gasteiger partial charge in [0.2, 0.25) is 0 Å². The summed E-state index contributed by atoms with van der Waals surface area (Å²) in [5, 5.41) is 9.92. The summed E-state index contributed by atoms with van der Waals surface area (Å²) in [6.45, 7) is 2.00. The van der Waals surface area contributed by atoms with Crippen LogP contribution in [0.25, 0.3) is 114 Å². The molecule has 0 fully saturated rings. The molecule has 0 N–H and O–H groups in total. The fraction of sp³-hybridized carbons (Fsp3) is 0.0217. The molecular weight excluding hydrogens is 643 g/mol. The van der Waals surface area contributed by atoms with Crippen LogP contribution in [0.15, 0.2) is 136 Å². The highest BCUT2D eigenvalue weighted by atomic mass is 16.1.